The van der Waals surface area contributed by atoms with Crippen LogP contribution in [0.1, 0.15) is 6.42 Å². The first-order valence-electron chi connectivity index (χ1n) is 2.32. The fourth-order valence-electron chi connectivity index (χ4n) is 0.627. The summed E-state index contributed by atoms with van der Waals surface area (Å²) in [5, 5.41) is 0.333. The van der Waals surface area contributed by atoms with Gasteiger partial charge in [-0.25, -0.2) is 0 Å². The van der Waals surface area contributed by atoms with Gasteiger partial charge in [0.25, 0.3) is 0 Å². The molecule has 5 heteroatoms. The van der Waals surface area contributed by atoms with Crippen molar-refractivity contribution >= 4 is 25.7 Å². The number of thiol groups is 1. The molecule has 0 spiro atoms. The second-order valence-corrected chi connectivity index (χ2v) is 7.03. The summed E-state index contributed by atoms with van der Waals surface area (Å²) in [5.41, 5.74) is 0. The molecule has 1 fully saturated rings. The van der Waals surface area contributed by atoms with Crippen LogP contribution in [0.25, 0.3) is 0 Å². The van der Waals surface area contributed by atoms with Crippen molar-refractivity contribution in [3.8, 4) is 0 Å². The molecular weight excluding hydrogens is 193 g/mol. The predicted molar refractivity (Wildman–Crippen MR) is 32.2 cm³/mol. The van der Waals surface area contributed by atoms with Crippen LogP contribution in [0.5, 0.6) is 0 Å². The number of hydrogen-bond donors (Lipinski definition) is 1. The molecule has 1 heterocycles. The third-order valence-electron chi connectivity index (χ3n) is 1.07. The van der Waals surface area contributed by atoms with Crippen LogP contribution in [0.4, 0.5) is 0 Å². The van der Waals surface area contributed by atoms with Gasteiger partial charge in [-0.3, -0.25) is 0 Å². The minimum absolute atomic E-state index is 0.333. The molecule has 0 aromatic rings. The summed E-state index contributed by atoms with van der Waals surface area (Å²) < 4.78 is 22.5. The number of rotatable bonds is 0. The Hall–Kier alpha value is 0.429. The first-order valence-corrected chi connectivity index (χ1v) is 6.10. The third kappa shape index (κ3) is 1.05. The van der Waals surface area contributed by atoms with Crippen LogP contribution in [-0.4, -0.2) is 22.8 Å². The van der Waals surface area contributed by atoms with Gasteiger partial charge in [0.15, 0.2) is 0 Å². The van der Waals surface area contributed by atoms with Crippen LogP contribution in [0.2, 0.25) is 5.32 Å². The Balaban J connectivity index is 2.85. The Morgan fingerprint density at radius 3 is 2.25 bits per heavy atom. The maximum absolute atomic E-state index is 10.7. The Morgan fingerprint density at radius 1 is 1.50 bits per heavy atom. The zero-order chi connectivity index (χ0) is 6.20. The van der Waals surface area contributed by atoms with E-state index in [2.05, 4.69) is 12.8 Å². The van der Waals surface area contributed by atoms with E-state index < -0.39 is 12.9 Å². The molecule has 3 nitrogen and oxygen atoms in total. The fourth-order valence-corrected chi connectivity index (χ4v) is 3.53. The fraction of sp³-hybridized carbons (Fsp3) is 1.00. The number of nitrogens with zero attached hydrogens (tertiary/aromatic N) is 1. The van der Waals surface area contributed by atoms with Crippen LogP contribution in [0, 0.1) is 0 Å². The molecule has 0 aliphatic carbocycles. The van der Waals surface area contributed by atoms with Gasteiger partial charge >= 0.3 is 55.0 Å². The van der Waals surface area contributed by atoms with Crippen molar-refractivity contribution in [3.05, 3.63) is 0 Å². The summed E-state index contributed by atoms with van der Waals surface area (Å²) in [6, 6.07) is 0. The zero-order valence-corrected chi connectivity index (χ0v) is 6.85. The second kappa shape index (κ2) is 1.99. The summed E-state index contributed by atoms with van der Waals surface area (Å²) in [4.78, 5) is 0. The van der Waals surface area contributed by atoms with Gasteiger partial charge < -0.3 is 0 Å². The van der Waals surface area contributed by atoms with E-state index in [4.69, 9.17) is 0 Å². The van der Waals surface area contributed by atoms with Gasteiger partial charge in [-0.15, -0.1) is 0 Å². The topological polar surface area (TPSA) is 37.4 Å². The van der Waals surface area contributed by atoms with Crippen molar-refractivity contribution in [2.45, 2.75) is 11.7 Å². The van der Waals surface area contributed by atoms with Crippen LogP contribution in [0.15, 0.2) is 0 Å². The molecule has 48 valence electrons. The van der Waals surface area contributed by atoms with Gasteiger partial charge in [0, 0.05) is 0 Å². The molecular formula is C3H7NO2SSe. The molecule has 0 unspecified atom stereocenters. The maximum atomic E-state index is 10.7. The van der Waals surface area contributed by atoms with Crippen LogP contribution >= 0.6 is 12.8 Å². The van der Waals surface area contributed by atoms with Gasteiger partial charge in [-0.1, -0.05) is 0 Å². The minimum atomic E-state index is -3.61. The SMILES string of the molecule is O=[Se]1(=O)CCCN1S. The van der Waals surface area contributed by atoms with E-state index in [1.807, 2.05) is 0 Å². The third-order valence-corrected chi connectivity index (χ3v) is 5.98. The molecule has 0 atom stereocenters. The van der Waals surface area contributed by atoms with Crippen molar-refractivity contribution in [2.24, 2.45) is 0 Å². The van der Waals surface area contributed by atoms with E-state index in [0.717, 1.165) is 9.74 Å². The van der Waals surface area contributed by atoms with Crippen LogP contribution in [-0.2, 0) is 7.67 Å². The molecule has 0 saturated carbocycles. The molecule has 1 rings (SSSR count). The molecule has 1 aliphatic rings. The van der Waals surface area contributed by atoms with Crippen molar-refractivity contribution < 1.29 is 7.67 Å². The predicted octanol–water partition coefficient (Wildman–Crippen LogP) is 0.337. The molecule has 0 radical (unpaired) electrons. The van der Waals surface area contributed by atoms with Gasteiger partial charge in [0.1, 0.15) is 0 Å². The first kappa shape index (κ1) is 6.55. The molecule has 8 heavy (non-hydrogen) atoms. The summed E-state index contributed by atoms with van der Waals surface area (Å²) in [6.07, 6.45) is 0.747. The molecule has 0 N–H and O–H groups in total. The summed E-state index contributed by atoms with van der Waals surface area (Å²) >= 11 is 0.143. The second-order valence-electron chi connectivity index (χ2n) is 1.72. The average molecular weight is 200 g/mol. The van der Waals surface area contributed by atoms with Crippen LogP contribution < -0.4 is 0 Å². The molecule has 0 aromatic heterocycles. The monoisotopic (exact) mass is 201 g/mol. The Kier molecular flexibility index (Phi) is 1.63. The van der Waals surface area contributed by atoms with Gasteiger partial charge in [-0.05, 0) is 0 Å². The first-order chi connectivity index (χ1) is 3.63. The molecule has 0 aromatic carbocycles. The summed E-state index contributed by atoms with van der Waals surface area (Å²) in [5.74, 6) is 0. The van der Waals surface area contributed by atoms with Crippen molar-refractivity contribution in [2.75, 3.05) is 6.54 Å². The van der Waals surface area contributed by atoms with E-state index in [9.17, 15) is 7.67 Å². The zero-order valence-electron chi connectivity index (χ0n) is 4.24. The van der Waals surface area contributed by atoms with Gasteiger partial charge in [-0.2, -0.15) is 0 Å². The molecule has 1 saturated heterocycles. The van der Waals surface area contributed by atoms with E-state index in [1.54, 1.807) is 0 Å². The van der Waals surface area contributed by atoms with Gasteiger partial charge in [0.05, 0.1) is 0 Å². The summed E-state index contributed by atoms with van der Waals surface area (Å²) in [6.45, 7) is 0.593. The van der Waals surface area contributed by atoms with E-state index >= 15 is 0 Å². The quantitative estimate of drug-likeness (QED) is 0.452. The van der Waals surface area contributed by atoms with E-state index in [-0.39, 0.29) is 0 Å². The molecule has 0 bridgehead atoms. The summed E-state index contributed by atoms with van der Waals surface area (Å²) in [7, 11) is 0. The Morgan fingerprint density at radius 2 is 2.12 bits per heavy atom. The normalized spacial score (nSPS) is 28.6. The Labute approximate surface area is 55.4 Å². The number of hydrogen-bond acceptors (Lipinski definition) is 3. The molecule has 1 aliphatic heterocycles. The van der Waals surface area contributed by atoms with Crippen molar-refractivity contribution in [1.82, 2.24) is 3.32 Å². The van der Waals surface area contributed by atoms with E-state index in [0.29, 0.717) is 11.9 Å². The molecule has 0 amide bonds. The average Bonchev–Trinajstić information content (AvgIpc) is 1.86. The van der Waals surface area contributed by atoms with Gasteiger partial charge in [0.2, 0.25) is 0 Å². The Bertz CT molecular complexity index is 176. The van der Waals surface area contributed by atoms with E-state index in [1.165, 1.54) is 0 Å². The van der Waals surface area contributed by atoms with Crippen LogP contribution in [0.3, 0.4) is 0 Å². The van der Waals surface area contributed by atoms with Crippen molar-refractivity contribution in [1.29, 1.82) is 0 Å². The van der Waals surface area contributed by atoms with Crippen molar-refractivity contribution in [3.63, 3.8) is 0 Å². The standard InChI is InChI=1S/C3H7NO2SSe/c5-8(6)3-1-2-4(8)7/h7H,1-3H2.